The Balaban J connectivity index is 1.92. The maximum atomic E-state index is 12.4. The Morgan fingerprint density at radius 1 is 1.29 bits per heavy atom. The van der Waals surface area contributed by atoms with Crippen LogP contribution in [-0.4, -0.2) is 32.4 Å². The summed E-state index contributed by atoms with van der Waals surface area (Å²) < 4.78 is 29.6. The van der Waals surface area contributed by atoms with Gasteiger partial charge in [-0.05, 0) is 53.6 Å². The second kappa shape index (κ2) is 5.75. The molecule has 0 aromatic heterocycles. The van der Waals surface area contributed by atoms with E-state index in [2.05, 4.69) is 32.3 Å². The van der Waals surface area contributed by atoms with Crippen LogP contribution in [-0.2, 0) is 10.0 Å². The Morgan fingerprint density at radius 2 is 2.00 bits per heavy atom. The molecule has 1 saturated carbocycles. The maximum absolute atomic E-state index is 12.4. The molecule has 0 bridgehead atoms. The molecule has 21 heavy (non-hydrogen) atoms. The number of hydrogen-bond donors (Lipinski definition) is 1. The Labute approximate surface area is 139 Å². The van der Waals surface area contributed by atoms with Crippen LogP contribution in [0.1, 0.15) is 32.1 Å². The molecular formula is C14H18IN3O2S. The number of rotatable bonds is 1. The van der Waals surface area contributed by atoms with Gasteiger partial charge in [-0.1, -0.05) is 19.3 Å². The standard InChI is InChI=1S/C14H18IN3O2S/c1-18(11-5-3-2-4-6-11)14-16-12-8-7-10(15)9-13(12)21(19,20)17-14/h7-9,11H,2-6H2,1H3,(H,16,17). The third-order valence-electron chi connectivity index (χ3n) is 4.13. The molecular weight excluding hydrogens is 401 g/mol. The summed E-state index contributed by atoms with van der Waals surface area (Å²) in [7, 11) is -1.69. The number of halogens is 1. The fraction of sp³-hybridized carbons (Fsp3) is 0.500. The highest BCUT2D eigenvalue weighted by Gasteiger charge is 2.29. The highest BCUT2D eigenvalue weighted by Crippen LogP contribution is 2.30. The minimum atomic E-state index is -3.62. The van der Waals surface area contributed by atoms with Crippen molar-refractivity contribution in [2.75, 3.05) is 12.4 Å². The Kier molecular flexibility index (Phi) is 4.13. The van der Waals surface area contributed by atoms with Crippen LogP contribution in [0.15, 0.2) is 27.5 Å². The second-order valence-electron chi connectivity index (χ2n) is 5.56. The van der Waals surface area contributed by atoms with Crippen LogP contribution in [0.4, 0.5) is 5.69 Å². The first-order chi connectivity index (χ1) is 9.97. The van der Waals surface area contributed by atoms with Gasteiger partial charge in [0.2, 0.25) is 5.96 Å². The van der Waals surface area contributed by atoms with E-state index in [-0.39, 0.29) is 4.90 Å². The summed E-state index contributed by atoms with van der Waals surface area (Å²) in [5, 5.41) is 3.17. The van der Waals surface area contributed by atoms with E-state index in [1.807, 2.05) is 18.0 Å². The fourth-order valence-electron chi connectivity index (χ4n) is 2.91. The molecule has 0 saturated heterocycles. The summed E-state index contributed by atoms with van der Waals surface area (Å²) >= 11 is 2.11. The van der Waals surface area contributed by atoms with Crippen LogP contribution in [0.2, 0.25) is 0 Å². The van der Waals surface area contributed by atoms with Crippen molar-refractivity contribution in [2.24, 2.45) is 4.40 Å². The fourth-order valence-corrected chi connectivity index (χ4v) is 4.79. The monoisotopic (exact) mass is 419 g/mol. The van der Waals surface area contributed by atoms with E-state index >= 15 is 0 Å². The zero-order chi connectivity index (χ0) is 15.0. The van der Waals surface area contributed by atoms with Gasteiger partial charge in [0.25, 0.3) is 10.0 Å². The number of nitrogens with one attached hydrogen (secondary N) is 1. The van der Waals surface area contributed by atoms with Crippen molar-refractivity contribution in [1.29, 1.82) is 0 Å². The van der Waals surface area contributed by atoms with Gasteiger partial charge in [0.05, 0.1) is 5.69 Å². The number of fused-ring (bicyclic) bond motifs is 1. The van der Waals surface area contributed by atoms with Crippen molar-refractivity contribution >= 4 is 44.3 Å². The van der Waals surface area contributed by atoms with Crippen molar-refractivity contribution in [1.82, 2.24) is 4.90 Å². The molecule has 0 radical (unpaired) electrons. The summed E-state index contributed by atoms with van der Waals surface area (Å²) in [5.41, 5.74) is 0.614. The van der Waals surface area contributed by atoms with E-state index in [0.29, 0.717) is 17.7 Å². The second-order valence-corrected chi connectivity index (χ2v) is 8.38. The Hall–Kier alpha value is -0.830. The molecule has 2 aliphatic rings. The molecule has 0 amide bonds. The summed E-state index contributed by atoms with van der Waals surface area (Å²) in [6.07, 6.45) is 5.85. The molecule has 3 rings (SSSR count). The number of anilines is 1. The molecule has 0 atom stereocenters. The topological polar surface area (TPSA) is 61.8 Å². The van der Waals surface area contributed by atoms with Crippen molar-refractivity contribution in [3.63, 3.8) is 0 Å². The quantitative estimate of drug-likeness (QED) is 0.711. The van der Waals surface area contributed by atoms with Gasteiger partial charge in [-0.2, -0.15) is 8.42 Å². The van der Waals surface area contributed by atoms with Crippen molar-refractivity contribution in [3.8, 4) is 0 Å². The van der Waals surface area contributed by atoms with Gasteiger partial charge in [-0.3, -0.25) is 0 Å². The average Bonchev–Trinajstić information content (AvgIpc) is 2.47. The van der Waals surface area contributed by atoms with Crippen molar-refractivity contribution in [3.05, 3.63) is 21.8 Å². The molecule has 0 spiro atoms. The maximum Gasteiger partial charge on any atom is 0.287 e. The Bertz CT molecular complexity index is 681. The average molecular weight is 419 g/mol. The summed E-state index contributed by atoms with van der Waals surface area (Å²) in [6.45, 7) is 0. The molecule has 1 N–H and O–H groups in total. The zero-order valence-electron chi connectivity index (χ0n) is 11.8. The van der Waals surface area contributed by atoms with Crippen LogP contribution >= 0.6 is 22.6 Å². The molecule has 5 nitrogen and oxygen atoms in total. The molecule has 1 aromatic carbocycles. The lowest BCUT2D eigenvalue weighted by molar-refractivity contribution is 0.278. The number of guanidine groups is 1. The predicted molar refractivity (Wildman–Crippen MR) is 92.0 cm³/mol. The molecule has 1 heterocycles. The molecule has 7 heteroatoms. The van der Waals surface area contributed by atoms with E-state index in [0.717, 1.165) is 16.4 Å². The van der Waals surface area contributed by atoms with Gasteiger partial charge in [-0.25, -0.2) is 0 Å². The predicted octanol–water partition coefficient (Wildman–Crippen LogP) is 3.03. The number of hydrogen-bond acceptors (Lipinski definition) is 4. The van der Waals surface area contributed by atoms with Gasteiger partial charge in [0, 0.05) is 16.7 Å². The first kappa shape index (κ1) is 15.1. The Morgan fingerprint density at radius 3 is 2.71 bits per heavy atom. The van der Waals surface area contributed by atoms with Crippen molar-refractivity contribution in [2.45, 2.75) is 43.0 Å². The molecule has 0 unspecified atom stereocenters. The lowest BCUT2D eigenvalue weighted by Gasteiger charge is -2.34. The first-order valence-corrected chi connectivity index (χ1v) is 9.63. The summed E-state index contributed by atoms with van der Waals surface area (Å²) in [6, 6.07) is 5.72. The van der Waals surface area contributed by atoms with E-state index in [1.54, 1.807) is 12.1 Å². The number of sulfonamides is 1. The van der Waals surface area contributed by atoms with Gasteiger partial charge >= 0.3 is 0 Å². The van der Waals surface area contributed by atoms with Gasteiger partial charge in [-0.15, -0.1) is 4.40 Å². The van der Waals surface area contributed by atoms with Crippen LogP contribution in [0.3, 0.4) is 0 Å². The molecule has 1 aromatic rings. The lowest BCUT2D eigenvalue weighted by Crippen LogP contribution is -2.43. The summed E-state index contributed by atoms with van der Waals surface area (Å²) in [4.78, 5) is 2.24. The van der Waals surface area contributed by atoms with Crippen LogP contribution in [0.25, 0.3) is 0 Å². The highest BCUT2D eigenvalue weighted by molar-refractivity contribution is 14.1. The van der Waals surface area contributed by atoms with E-state index in [4.69, 9.17) is 0 Å². The minimum Gasteiger partial charge on any atom is -0.342 e. The van der Waals surface area contributed by atoms with Gasteiger partial charge in [0.15, 0.2) is 0 Å². The third kappa shape index (κ3) is 3.03. The molecule has 1 fully saturated rings. The lowest BCUT2D eigenvalue weighted by atomic mass is 9.95. The largest absolute Gasteiger partial charge is 0.342 e. The highest BCUT2D eigenvalue weighted by atomic mass is 127. The molecule has 1 aliphatic carbocycles. The van der Waals surface area contributed by atoms with Crippen molar-refractivity contribution < 1.29 is 8.42 Å². The first-order valence-electron chi connectivity index (χ1n) is 7.12. The smallest absolute Gasteiger partial charge is 0.287 e. The van der Waals surface area contributed by atoms with Gasteiger partial charge < -0.3 is 10.2 Å². The minimum absolute atomic E-state index is 0.259. The van der Waals surface area contributed by atoms with Crippen LogP contribution in [0.5, 0.6) is 0 Å². The number of benzene rings is 1. The molecule has 114 valence electrons. The SMILES string of the molecule is CN(C1=NS(=O)(=O)c2cc(I)ccc2N1)C1CCCCC1. The van der Waals surface area contributed by atoms with Gasteiger partial charge in [0.1, 0.15) is 4.90 Å². The van der Waals surface area contributed by atoms with E-state index in [9.17, 15) is 8.42 Å². The van der Waals surface area contributed by atoms with Crippen LogP contribution < -0.4 is 5.32 Å². The number of nitrogens with zero attached hydrogens (tertiary/aromatic N) is 2. The molecule has 1 aliphatic heterocycles. The van der Waals surface area contributed by atoms with E-state index < -0.39 is 10.0 Å². The third-order valence-corrected chi connectivity index (χ3v) is 6.11. The normalized spacial score (nSPS) is 21.1. The van der Waals surface area contributed by atoms with Crippen LogP contribution in [0, 0.1) is 3.57 Å². The summed E-state index contributed by atoms with van der Waals surface area (Å²) in [5.74, 6) is 0.440. The zero-order valence-corrected chi connectivity index (χ0v) is 14.8. The van der Waals surface area contributed by atoms with E-state index in [1.165, 1.54) is 19.3 Å².